The molecule has 1 rings (SSSR count). The molecule has 20 heavy (non-hydrogen) atoms. The van der Waals surface area contributed by atoms with Gasteiger partial charge in [0.15, 0.2) is 0 Å². The van der Waals surface area contributed by atoms with E-state index >= 15 is 0 Å². The average molecular weight is 307 g/mol. The predicted octanol–water partition coefficient (Wildman–Crippen LogP) is 3.72. The Bertz CT molecular complexity index is 463. The molecule has 0 amide bonds. The van der Waals surface area contributed by atoms with Crippen molar-refractivity contribution >= 4 is 23.4 Å². The zero-order chi connectivity index (χ0) is 15.2. The summed E-state index contributed by atoms with van der Waals surface area (Å²) in [5, 5.41) is 0. The lowest BCUT2D eigenvalue weighted by molar-refractivity contribution is -0.140. The largest absolute Gasteiger partial charge is 0.465 e. The number of ether oxygens (including phenoxy) is 1. The molecular weight excluding hydrogens is 291 g/mol. The highest BCUT2D eigenvalue weighted by atomic mass is 32.2. The smallest absolute Gasteiger partial charge is 0.416 e. The van der Waals surface area contributed by atoms with Crippen molar-refractivity contribution in [3.05, 3.63) is 23.8 Å². The maximum Gasteiger partial charge on any atom is 0.416 e. The summed E-state index contributed by atoms with van der Waals surface area (Å²) >= 11 is 1.07. The lowest BCUT2D eigenvalue weighted by Gasteiger charge is -2.10. The maximum atomic E-state index is 12.5. The number of alkyl halides is 3. The van der Waals surface area contributed by atoms with Gasteiger partial charge < -0.3 is 10.5 Å². The Hall–Kier alpha value is -1.37. The number of hydrogen-bond donors (Lipinski definition) is 1. The third-order valence-electron chi connectivity index (χ3n) is 2.44. The number of unbranched alkanes of at least 4 members (excludes halogenated alkanes) is 1. The Balaban J connectivity index is 2.55. The van der Waals surface area contributed by atoms with Crippen LogP contribution in [-0.2, 0) is 15.7 Å². The number of thioether (sulfide) groups is 1. The Morgan fingerprint density at radius 2 is 2.10 bits per heavy atom. The van der Waals surface area contributed by atoms with Gasteiger partial charge >= 0.3 is 12.1 Å². The van der Waals surface area contributed by atoms with Crippen molar-refractivity contribution in [1.82, 2.24) is 0 Å². The molecule has 0 saturated carbocycles. The first-order valence-electron chi connectivity index (χ1n) is 6.09. The van der Waals surface area contributed by atoms with E-state index in [2.05, 4.69) is 0 Å². The number of carbonyl (C=O) groups is 1. The van der Waals surface area contributed by atoms with Gasteiger partial charge in [-0.15, -0.1) is 11.8 Å². The Kier molecular flexibility index (Phi) is 6.19. The highest BCUT2D eigenvalue weighted by molar-refractivity contribution is 8.00. The number of benzene rings is 1. The summed E-state index contributed by atoms with van der Waals surface area (Å²) in [6, 6.07) is 3.08. The van der Waals surface area contributed by atoms with Crippen LogP contribution >= 0.6 is 11.8 Å². The van der Waals surface area contributed by atoms with Crippen molar-refractivity contribution in [1.29, 1.82) is 0 Å². The van der Waals surface area contributed by atoms with Crippen molar-refractivity contribution < 1.29 is 22.7 Å². The van der Waals surface area contributed by atoms with E-state index in [-0.39, 0.29) is 11.4 Å². The van der Waals surface area contributed by atoms with E-state index in [0.29, 0.717) is 11.5 Å². The molecule has 0 aliphatic heterocycles. The standard InChI is InChI=1S/C13H16F3NO2S/c1-2-3-6-19-12(18)8-20-11-5-4-9(7-10(11)17)13(14,15)16/h4-5,7H,2-3,6,8,17H2,1H3. The van der Waals surface area contributed by atoms with Crippen LogP contribution in [-0.4, -0.2) is 18.3 Å². The van der Waals surface area contributed by atoms with Crippen LogP contribution in [0.15, 0.2) is 23.1 Å². The first kappa shape index (κ1) is 16.7. The number of nitrogen functional groups attached to an aromatic ring is 1. The normalized spacial score (nSPS) is 11.4. The molecule has 0 aromatic heterocycles. The van der Waals surface area contributed by atoms with Crippen LogP contribution < -0.4 is 5.73 Å². The van der Waals surface area contributed by atoms with Gasteiger partial charge in [-0.25, -0.2) is 0 Å². The van der Waals surface area contributed by atoms with Crippen molar-refractivity contribution in [2.24, 2.45) is 0 Å². The number of halogens is 3. The van der Waals surface area contributed by atoms with Crippen LogP contribution in [0, 0.1) is 0 Å². The first-order valence-corrected chi connectivity index (χ1v) is 7.08. The second-order valence-electron chi connectivity index (χ2n) is 4.11. The minimum atomic E-state index is -4.42. The fourth-order valence-electron chi connectivity index (χ4n) is 1.36. The first-order chi connectivity index (χ1) is 9.34. The predicted molar refractivity (Wildman–Crippen MR) is 72.4 cm³/mol. The van der Waals surface area contributed by atoms with Gasteiger partial charge in [0.1, 0.15) is 0 Å². The molecule has 0 unspecified atom stereocenters. The van der Waals surface area contributed by atoms with Crippen molar-refractivity contribution in [2.75, 3.05) is 18.1 Å². The topological polar surface area (TPSA) is 52.3 Å². The van der Waals surface area contributed by atoms with Gasteiger partial charge in [0.2, 0.25) is 0 Å². The Morgan fingerprint density at radius 3 is 2.65 bits per heavy atom. The Labute approximate surface area is 119 Å². The zero-order valence-electron chi connectivity index (χ0n) is 11.0. The van der Waals surface area contributed by atoms with Gasteiger partial charge in [0.05, 0.1) is 17.9 Å². The van der Waals surface area contributed by atoms with E-state index in [1.165, 1.54) is 6.07 Å². The molecule has 0 saturated heterocycles. The van der Waals surface area contributed by atoms with E-state index in [9.17, 15) is 18.0 Å². The number of nitrogens with two attached hydrogens (primary N) is 1. The van der Waals surface area contributed by atoms with Gasteiger partial charge in [-0.3, -0.25) is 4.79 Å². The molecule has 112 valence electrons. The van der Waals surface area contributed by atoms with Gasteiger partial charge in [0, 0.05) is 10.6 Å². The van der Waals surface area contributed by atoms with Crippen LogP contribution in [0.5, 0.6) is 0 Å². The van der Waals surface area contributed by atoms with Crippen LogP contribution in [0.2, 0.25) is 0 Å². The number of anilines is 1. The molecule has 0 bridgehead atoms. The van der Waals surface area contributed by atoms with Gasteiger partial charge in [-0.05, 0) is 24.6 Å². The summed E-state index contributed by atoms with van der Waals surface area (Å²) in [6.07, 6.45) is -2.71. The highest BCUT2D eigenvalue weighted by Crippen LogP contribution is 2.34. The molecule has 7 heteroatoms. The summed E-state index contributed by atoms with van der Waals surface area (Å²) in [4.78, 5) is 11.8. The molecule has 2 N–H and O–H groups in total. The average Bonchev–Trinajstić information content (AvgIpc) is 2.36. The van der Waals surface area contributed by atoms with E-state index < -0.39 is 17.7 Å². The lowest BCUT2D eigenvalue weighted by atomic mass is 10.2. The fourth-order valence-corrected chi connectivity index (χ4v) is 2.11. The van der Waals surface area contributed by atoms with E-state index in [1.54, 1.807) is 0 Å². The van der Waals surface area contributed by atoms with Gasteiger partial charge in [-0.2, -0.15) is 13.2 Å². The summed E-state index contributed by atoms with van der Waals surface area (Å²) in [5.41, 5.74) is 4.76. The van der Waals surface area contributed by atoms with Crippen LogP contribution in [0.1, 0.15) is 25.3 Å². The van der Waals surface area contributed by atoms with Crippen molar-refractivity contribution in [2.45, 2.75) is 30.8 Å². The molecular formula is C13H16F3NO2S. The molecule has 0 radical (unpaired) electrons. The van der Waals surface area contributed by atoms with Crippen LogP contribution in [0.3, 0.4) is 0 Å². The molecule has 0 fully saturated rings. The van der Waals surface area contributed by atoms with E-state index in [4.69, 9.17) is 10.5 Å². The quantitative estimate of drug-likeness (QED) is 0.377. The number of rotatable bonds is 6. The third kappa shape index (κ3) is 5.32. The maximum absolute atomic E-state index is 12.5. The molecule has 0 atom stereocenters. The molecule has 0 spiro atoms. The highest BCUT2D eigenvalue weighted by Gasteiger charge is 2.30. The molecule has 1 aromatic rings. The summed E-state index contributed by atoms with van der Waals surface area (Å²) in [7, 11) is 0. The SMILES string of the molecule is CCCCOC(=O)CSc1ccc(C(F)(F)F)cc1N. The summed E-state index contributed by atoms with van der Waals surface area (Å²) in [6.45, 7) is 2.34. The van der Waals surface area contributed by atoms with Crippen LogP contribution in [0.25, 0.3) is 0 Å². The van der Waals surface area contributed by atoms with Crippen molar-refractivity contribution in [3.8, 4) is 0 Å². The van der Waals surface area contributed by atoms with Crippen LogP contribution in [0.4, 0.5) is 18.9 Å². The summed E-state index contributed by atoms with van der Waals surface area (Å²) in [5.74, 6) is -0.373. The second-order valence-corrected chi connectivity index (χ2v) is 5.13. The van der Waals surface area contributed by atoms with Gasteiger partial charge in [-0.1, -0.05) is 13.3 Å². The molecule has 0 aliphatic carbocycles. The van der Waals surface area contributed by atoms with Crippen molar-refractivity contribution in [3.63, 3.8) is 0 Å². The minimum Gasteiger partial charge on any atom is -0.465 e. The number of carbonyl (C=O) groups excluding carboxylic acids is 1. The van der Waals surface area contributed by atoms with Gasteiger partial charge in [0.25, 0.3) is 0 Å². The summed E-state index contributed by atoms with van der Waals surface area (Å²) < 4.78 is 42.3. The Morgan fingerprint density at radius 1 is 1.40 bits per heavy atom. The molecule has 0 heterocycles. The fraction of sp³-hybridized carbons (Fsp3) is 0.462. The molecule has 3 nitrogen and oxygen atoms in total. The zero-order valence-corrected chi connectivity index (χ0v) is 11.8. The number of esters is 1. The molecule has 1 aromatic carbocycles. The monoisotopic (exact) mass is 307 g/mol. The second kappa shape index (κ2) is 7.42. The number of hydrogen-bond acceptors (Lipinski definition) is 4. The van der Waals surface area contributed by atoms with E-state index in [1.807, 2.05) is 6.92 Å². The minimum absolute atomic E-state index is 0.00573. The lowest BCUT2D eigenvalue weighted by Crippen LogP contribution is -2.09. The van der Waals surface area contributed by atoms with E-state index in [0.717, 1.165) is 36.7 Å². The third-order valence-corrected chi connectivity index (χ3v) is 3.51. The molecule has 0 aliphatic rings.